The van der Waals surface area contributed by atoms with Gasteiger partial charge in [0.25, 0.3) is 0 Å². The number of ether oxygens (including phenoxy) is 2. The van der Waals surface area contributed by atoms with E-state index in [1.54, 1.807) is 19.2 Å². The molecule has 2 nitrogen and oxygen atoms in total. The van der Waals surface area contributed by atoms with Crippen molar-refractivity contribution < 1.29 is 13.9 Å². The molecule has 1 rings (SSSR count). The van der Waals surface area contributed by atoms with E-state index in [-0.39, 0.29) is 0 Å². The Morgan fingerprint density at radius 3 is 2.46 bits per heavy atom. The van der Waals surface area contributed by atoms with Gasteiger partial charge < -0.3 is 9.47 Å². The lowest BCUT2D eigenvalue weighted by Crippen LogP contribution is -1.94. The Morgan fingerprint density at radius 1 is 1.31 bits per heavy atom. The highest BCUT2D eigenvalue weighted by Crippen LogP contribution is 2.33. The average molecular weight is 296 g/mol. The third-order valence-corrected chi connectivity index (χ3v) is 2.45. The SMILES string of the molecule is COc1cc(CF)cc(I)c1OC. The standard InChI is InChI=1S/C9H10FIO2/c1-12-8-4-6(5-10)3-7(11)9(8)13-2/h3-4H,5H2,1-2H3. The normalized spacial score (nSPS) is 9.85. The minimum atomic E-state index is -0.490. The van der Waals surface area contributed by atoms with E-state index in [1.165, 1.54) is 7.11 Å². The lowest BCUT2D eigenvalue weighted by molar-refractivity contribution is 0.351. The largest absolute Gasteiger partial charge is 0.493 e. The molecule has 0 amide bonds. The predicted molar refractivity (Wildman–Crippen MR) is 57.1 cm³/mol. The van der Waals surface area contributed by atoms with Gasteiger partial charge in [-0.25, -0.2) is 4.39 Å². The first-order valence-corrected chi connectivity index (χ1v) is 4.77. The van der Waals surface area contributed by atoms with Crippen molar-refractivity contribution in [3.8, 4) is 11.5 Å². The molecule has 0 unspecified atom stereocenters. The van der Waals surface area contributed by atoms with Crippen molar-refractivity contribution in [1.82, 2.24) is 0 Å². The summed E-state index contributed by atoms with van der Waals surface area (Å²) in [6.45, 7) is -0.490. The molecule has 0 N–H and O–H groups in total. The van der Waals surface area contributed by atoms with Crippen molar-refractivity contribution in [1.29, 1.82) is 0 Å². The van der Waals surface area contributed by atoms with Gasteiger partial charge in [-0.3, -0.25) is 0 Å². The highest BCUT2D eigenvalue weighted by atomic mass is 127. The Labute approximate surface area is 90.2 Å². The minimum absolute atomic E-state index is 0.490. The van der Waals surface area contributed by atoms with E-state index in [9.17, 15) is 4.39 Å². The summed E-state index contributed by atoms with van der Waals surface area (Å²) in [6.07, 6.45) is 0. The van der Waals surface area contributed by atoms with Crippen molar-refractivity contribution in [2.24, 2.45) is 0 Å². The summed E-state index contributed by atoms with van der Waals surface area (Å²) in [5.41, 5.74) is 0.599. The van der Waals surface area contributed by atoms with E-state index < -0.39 is 6.67 Å². The van der Waals surface area contributed by atoms with Crippen LogP contribution in [0.2, 0.25) is 0 Å². The smallest absolute Gasteiger partial charge is 0.174 e. The molecule has 0 atom stereocenters. The summed E-state index contributed by atoms with van der Waals surface area (Å²) >= 11 is 2.09. The molecule has 4 heteroatoms. The number of rotatable bonds is 3. The van der Waals surface area contributed by atoms with Gasteiger partial charge in [-0.15, -0.1) is 0 Å². The Morgan fingerprint density at radius 2 is 2.00 bits per heavy atom. The van der Waals surface area contributed by atoms with Gasteiger partial charge >= 0.3 is 0 Å². The summed E-state index contributed by atoms with van der Waals surface area (Å²) in [5.74, 6) is 1.22. The van der Waals surface area contributed by atoms with Crippen molar-refractivity contribution >= 4 is 22.6 Å². The summed E-state index contributed by atoms with van der Waals surface area (Å²) in [6, 6.07) is 3.38. The molecule has 0 radical (unpaired) electrons. The number of halogens is 2. The molecule has 13 heavy (non-hydrogen) atoms. The third-order valence-electron chi connectivity index (χ3n) is 1.65. The Balaban J connectivity index is 3.20. The van der Waals surface area contributed by atoms with Gasteiger partial charge in [-0.1, -0.05) is 0 Å². The molecule has 72 valence electrons. The zero-order valence-electron chi connectivity index (χ0n) is 7.43. The maximum atomic E-state index is 12.4. The van der Waals surface area contributed by atoms with E-state index in [2.05, 4.69) is 22.6 Å². The Bertz CT molecular complexity index is 302. The van der Waals surface area contributed by atoms with Crippen molar-refractivity contribution in [2.75, 3.05) is 14.2 Å². The number of benzene rings is 1. The third kappa shape index (κ3) is 2.24. The first-order valence-electron chi connectivity index (χ1n) is 3.69. The molecule has 0 fully saturated rings. The molecule has 0 aliphatic carbocycles. The summed E-state index contributed by atoms with van der Waals surface area (Å²) in [5, 5.41) is 0. The molecular weight excluding hydrogens is 286 g/mol. The Kier molecular flexibility index (Phi) is 3.77. The van der Waals surface area contributed by atoms with Gasteiger partial charge in [0.2, 0.25) is 0 Å². The highest BCUT2D eigenvalue weighted by molar-refractivity contribution is 14.1. The highest BCUT2D eigenvalue weighted by Gasteiger charge is 2.09. The van der Waals surface area contributed by atoms with Crippen LogP contribution in [0, 0.1) is 3.57 Å². The quantitative estimate of drug-likeness (QED) is 0.799. The second-order valence-electron chi connectivity index (χ2n) is 2.45. The van der Waals surface area contributed by atoms with Crippen LogP contribution in [0.4, 0.5) is 4.39 Å². The van der Waals surface area contributed by atoms with E-state index in [0.29, 0.717) is 17.1 Å². The second-order valence-corrected chi connectivity index (χ2v) is 3.61. The number of hydrogen-bond acceptors (Lipinski definition) is 2. The molecule has 0 bridgehead atoms. The van der Waals surface area contributed by atoms with Gasteiger partial charge in [-0.2, -0.15) is 0 Å². The number of hydrogen-bond donors (Lipinski definition) is 0. The lowest BCUT2D eigenvalue weighted by atomic mass is 10.2. The van der Waals surface area contributed by atoms with Gasteiger partial charge in [0.05, 0.1) is 17.8 Å². The van der Waals surface area contributed by atoms with Crippen LogP contribution in [0.15, 0.2) is 12.1 Å². The summed E-state index contributed by atoms with van der Waals surface area (Å²) in [7, 11) is 3.10. The zero-order chi connectivity index (χ0) is 9.84. The average Bonchev–Trinajstić information content (AvgIpc) is 2.16. The van der Waals surface area contributed by atoms with Crippen LogP contribution >= 0.6 is 22.6 Å². The molecule has 0 heterocycles. The van der Waals surface area contributed by atoms with E-state index in [4.69, 9.17) is 9.47 Å². The zero-order valence-corrected chi connectivity index (χ0v) is 9.59. The maximum Gasteiger partial charge on any atom is 0.174 e. The van der Waals surface area contributed by atoms with E-state index in [0.717, 1.165) is 3.57 Å². The van der Waals surface area contributed by atoms with Crippen LogP contribution in [0.5, 0.6) is 11.5 Å². The van der Waals surface area contributed by atoms with Gasteiger partial charge in [-0.05, 0) is 40.3 Å². The molecule has 0 saturated carbocycles. The lowest BCUT2D eigenvalue weighted by Gasteiger charge is -2.10. The molecule has 0 aliphatic heterocycles. The van der Waals surface area contributed by atoms with Crippen LogP contribution in [-0.2, 0) is 6.67 Å². The van der Waals surface area contributed by atoms with E-state index >= 15 is 0 Å². The molecule has 1 aromatic rings. The van der Waals surface area contributed by atoms with Gasteiger partial charge in [0, 0.05) is 0 Å². The number of methoxy groups -OCH3 is 2. The molecule has 1 aromatic carbocycles. The van der Waals surface area contributed by atoms with E-state index in [1.807, 2.05) is 0 Å². The summed E-state index contributed by atoms with van der Waals surface area (Å²) in [4.78, 5) is 0. The first-order chi connectivity index (χ1) is 6.22. The molecule has 0 aliphatic rings. The first kappa shape index (κ1) is 10.6. The number of alkyl halides is 1. The fourth-order valence-corrected chi connectivity index (χ4v) is 1.93. The predicted octanol–water partition coefficient (Wildman–Crippen LogP) is 2.78. The van der Waals surface area contributed by atoms with Gasteiger partial charge in [0.1, 0.15) is 6.67 Å². The molecular formula is C9H10FIO2. The van der Waals surface area contributed by atoms with Crippen LogP contribution in [0.1, 0.15) is 5.56 Å². The monoisotopic (exact) mass is 296 g/mol. The van der Waals surface area contributed by atoms with Crippen molar-refractivity contribution in [3.63, 3.8) is 0 Å². The van der Waals surface area contributed by atoms with Crippen LogP contribution in [0.3, 0.4) is 0 Å². The van der Waals surface area contributed by atoms with Crippen molar-refractivity contribution in [2.45, 2.75) is 6.67 Å². The summed E-state index contributed by atoms with van der Waals surface area (Å²) < 4.78 is 23.4. The second kappa shape index (κ2) is 4.64. The molecule has 0 spiro atoms. The fourth-order valence-electron chi connectivity index (χ4n) is 1.05. The van der Waals surface area contributed by atoms with Crippen LogP contribution in [0.25, 0.3) is 0 Å². The topological polar surface area (TPSA) is 18.5 Å². The van der Waals surface area contributed by atoms with Crippen LogP contribution < -0.4 is 9.47 Å². The maximum absolute atomic E-state index is 12.4. The Hall–Kier alpha value is -0.520. The van der Waals surface area contributed by atoms with Gasteiger partial charge in [0.15, 0.2) is 11.5 Å². The molecule has 0 saturated heterocycles. The fraction of sp³-hybridized carbons (Fsp3) is 0.333. The minimum Gasteiger partial charge on any atom is -0.493 e. The van der Waals surface area contributed by atoms with Crippen molar-refractivity contribution in [3.05, 3.63) is 21.3 Å². The van der Waals surface area contributed by atoms with Crippen LogP contribution in [-0.4, -0.2) is 14.2 Å². The molecule has 0 aromatic heterocycles.